The number of H-pyrrole nitrogens is 1. The zero-order valence-electron chi connectivity index (χ0n) is 17.8. The lowest BCUT2D eigenvalue weighted by atomic mass is 9.93. The fourth-order valence-corrected chi connectivity index (χ4v) is 3.80. The van der Waals surface area contributed by atoms with Gasteiger partial charge in [0.1, 0.15) is 11.6 Å². The number of para-hydroxylation sites is 2. The lowest BCUT2D eigenvalue weighted by Crippen LogP contribution is -2.40. The summed E-state index contributed by atoms with van der Waals surface area (Å²) in [6.45, 7) is 3.17. The van der Waals surface area contributed by atoms with Crippen molar-refractivity contribution in [1.29, 1.82) is 0 Å². The van der Waals surface area contributed by atoms with E-state index in [9.17, 15) is 14.0 Å². The molecule has 1 aromatic heterocycles. The second kappa shape index (κ2) is 9.64. The summed E-state index contributed by atoms with van der Waals surface area (Å²) in [5, 5.41) is 9.54. The monoisotopic (exact) mass is 436 g/mol. The molecule has 2 aromatic carbocycles. The van der Waals surface area contributed by atoms with Crippen molar-refractivity contribution in [3.8, 4) is 5.75 Å². The molecule has 2 heterocycles. The van der Waals surface area contributed by atoms with E-state index in [1.807, 2.05) is 31.2 Å². The second-order valence-electron chi connectivity index (χ2n) is 7.85. The summed E-state index contributed by atoms with van der Waals surface area (Å²) in [4.78, 5) is 26.7. The highest BCUT2D eigenvalue weighted by Crippen LogP contribution is 2.27. The van der Waals surface area contributed by atoms with E-state index in [4.69, 9.17) is 4.74 Å². The van der Waals surface area contributed by atoms with E-state index >= 15 is 0 Å². The van der Waals surface area contributed by atoms with Crippen molar-refractivity contribution in [3.05, 3.63) is 77.4 Å². The number of aryl methyl sites for hydroxylation is 1. The van der Waals surface area contributed by atoms with Crippen molar-refractivity contribution >= 4 is 17.5 Å². The van der Waals surface area contributed by atoms with Crippen LogP contribution in [0.1, 0.15) is 40.5 Å². The maximum absolute atomic E-state index is 13.8. The molecule has 4 rings (SSSR count). The van der Waals surface area contributed by atoms with Gasteiger partial charge in [-0.05, 0) is 49.6 Å². The molecule has 32 heavy (non-hydrogen) atoms. The number of aromatic nitrogens is 2. The Morgan fingerprint density at radius 2 is 1.88 bits per heavy atom. The van der Waals surface area contributed by atoms with E-state index in [-0.39, 0.29) is 29.8 Å². The summed E-state index contributed by atoms with van der Waals surface area (Å²) < 4.78 is 19.4. The van der Waals surface area contributed by atoms with Crippen LogP contribution >= 0.6 is 0 Å². The number of nitrogens with zero attached hydrogens (tertiary/aromatic N) is 2. The largest absolute Gasteiger partial charge is 0.484 e. The van der Waals surface area contributed by atoms with E-state index in [0.717, 1.165) is 29.8 Å². The van der Waals surface area contributed by atoms with Crippen molar-refractivity contribution < 1.29 is 18.7 Å². The van der Waals surface area contributed by atoms with Gasteiger partial charge in [-0.15, -0.1) is 0 Å². The fourth-order valence-electron chi connectivity index (χ4n) is 3.80. The number of likely N-dealkylation sites (tertiary alicyclic amines) is 1. The van der Waals surface area contributed by atoms with Crippen LogP contribution < -0.4 is 10.1 Å². The minimum atomic E-state index is -0.500. The van der Waals surface area contributed by atoms with Crippen LogP contribution in [0.15, 0.2) is 54.6 Å². The van der Waals surface area contributed by atoms with E-state index in [1.165, 1.54) is 12.1 Å². The van der Waals surface area contributed by atoms with Gasteiger partial charge < -0.3 is 15.0 Å². The van der Waals surface area contributed by atoms with Crippen LogP contribution in [0.5, 0.6) is 5.75 Å². The Bertz CT molecular complexity index is 1110. The summed E-state index contributed by atoms with van der Waals surface area (Å²) in [7, 11) is 0. The summed E-state index contributed by atoms with van der Waals surface area (Å²) in [6, 6.07) is 15.3. The van der Waals surface area contributed by atoms with Crippen LogP contribution in [0.2, 0.25) is 0 Å². The number of piperidine rings is 1. The first-order valence-corrected chi connectivity index (χ1v) is 10.6. The summed E-state index contributed by atoms with van der Waals surface area (Å²) >= 11 is 0. The predicted molar refractivity (Wildman–Crippen MR) is 118 cm³/mol. The summed E-state index contributed by atoms with van der Waals surface area (Å²) in [5.41, 5.74) is 2.15. The van der Waals surface area contributed by atoms with E-state index in [2.05, 4.69) is 15.5 Å². The molecule has 0 saturated carbocycles. The molecule has 2 N–H and O–H groups in total. The number of rotatable bonds is 6. The number of anilines is 1. The van der Waals surface area contributed by atoms with E-state index < -0.39 is 11.7 Å². The highest BCUT2D eigenvalue weighted by Gasteiger charge is 2.26. The van der Waals surface area contributed by atoms with Gasteiger partial charge in [-0.25, -0.2) is 4.39 Å². The molecule has 166 valence electrons. The van der Waals surface area contributed by atoms with Crippen LogP contribution in [-0.4, -0.2) is 46.6 Å². The highest BCUT2D eigenvalue weighted by molar-refractivity contribution is 6.03. The minimum Gasteiger partial charge on any atom is -0.484 e. The third-order valence-electron chi connectivity index (χ3n) is 5.68. The zero-order chi connectivity index (χ0) is 22.5. The molecule has 0 spiro atoms. The molecule has 1 aliphatic heterocycles. The molecule has 7 nitrogen and oxygen atoms in total. The topological polar surface area (TPSA) is 87.3 Å². The molecule has 3 aromatic rings. The van der Waals surface area contributed by atoms with Crippen LogP contribution in [0.3, 0.4) is 0 Å². The smallest absolute Gasteiger partial charge is 0.276 e. The predicted octanol–water partition coefficient (Wildman–Crippen LogP) is 3.89. The van der Waals surface area contributed by atoms with Crippen molar-refractivity contribution in [1.82, 2.24) is 15.1 Å². The van der Waals surface area contributed by atoms with Crippen molar-refractivity contribution in [2.24, 2.45) is 0 Å². The molecular weight excluding hydrogens is 411 g/mol. The second-order valence-corrected chi connectivity index (χ2v) is 7.85. The van der Waals surface area contributed by atoms with Crippen LogP contribution in [-0.2, 0) is 4.79 Å². The number of hydrogen-bond donors (Lipinski definition) is 2. The van der Waals surface area contributed by atoms with Gasteiger partial charge in [0, 0.05) is 24.7 Å². The van der Waals surface area contributed by atoms with Gasteiger partial charge in [0.2, 0.25) is 0 Å². The molecular formula is C24H25FN4O3. The maximum Gasteiger partial charge on any atom is 0.276 e. The molecule has 0 radical (unpaired) electrons. The lowest BCUT2D eigenvalue weighted by molar-refractivity contribution is -0.134. The molecule has 2 amide bonds. The van der Waals surface area contributed by atoms with Gasteiger partial charge in [0.15, 0.2) is 12.3 Å². The highest BCUT2D eigenvalue weighted by atomic mass is 19.1. The lowest BCUT2D eigenvalue weighted by Gasteiger charge is -2.31. The molecule has 0 unspecified atom stereocenters. The van der Waals surface area contributed by atoms with Gasteiger partial charge in [0.05, 0.1) is 5.69 Å². The maximum atomic E-state index is 13.8. The Morgan fingerprint density at radius 3 is 2.62 bits per heavy atom. The average Bonchev–Trinajstić information content (AvgIpc) is 3.30. The SMILES string of the molecule is Cc1ccccc1OCC(=O)N1CCC(c2cc(C(=O)Nc3ccccc3F)n[nH]2)CC1. The Hall–Kier alpha value is -3.68. The molecule has 0 aliphatic carbocycles. The number of ether oxygens (including phenoxy) is 1. The Labute approximate surface area is 185 Å². The first kappa shape index (κ1) is 21.5. The van der Waals surface area contributed by atoms with E-state index in [0.29, 0.717) is 13.1 Å². The Morgan fingerprint density at radius 1 is 1.16 bits per heavy atom. The third-order valence-corrected chi connectivity index (χ3v) is 5.68. The first-order chi connectivity index (χ1) is 15.5. The van der Waals surface area contributed by atoms with Gasteiger partial charge >= 0.3 is 0 Å². The molecule has 0 atom stereocenters. The molecule has 1 aliphatic rings. The van der Waals surface area contributed by atoms with E-state index in [1.54, 1.807) is 23.1 Å². The first-order valence-electron chi connectivity index (χ1n) is 10.6. The number of amides is 2. The summed E-state index contributed by atoms with van der Waals surface area (Å²) in [5.74, 6) is -0.131. The molecule has 1 fully saturated rings. The minimum absolute atomic E-state index is 0.0138. The van der Waals surface area contributed by atoms with Gasteiger partial charge in [-0.1, -0.05) is 30.3 Å². The normalized spacial score (nSPS) is 14.2. The quantitative estimate of drug-likeness (QED) is 0.614. The Balaban J connectivity index is 1.28. The van der Waals surface area contributed by atoms with Gasteiger partial charge in [-0.2, -0.15) is 5.10 Å². The number of aromatic amines is 1. The molecule has 8 heteroatoms. The molecule has 1 saturated heterocycles. The van der Waals surface area contributed by atoms with Crippen LogP contribution in [0.4, 0.5) is 10.1 Å². The van der Waals surface area contributed by atoms with Gasteiger partial charge in [0.25, 0.3) is 11.8 Å². The summed E-state index contributed by atoms with van der Waals surface area (Å²) in [6.07, 6.45) is 1.51. The molecule has 0 bridgehead atoms. The number of carbonyl (C=O) groups is 2. The fraction of sp³-hybridized carbons (Fsp3) is 0.292. The third kappa shape index (κ3) is 4.96. The number of benzene rings is 2. The van der Waals surface area contributed by atoms with Crippen molar-refractivity contribution in [2.75, 3.05) is 25.0 Å². The van der Waals surface area contributed by atoms with Crippen molar-refractivity contribution in [2.45, 2.75) is 25.7 Å². The average molecular weight is 436 g/mol. The standard InChI is InChI=1S/C24H25FN4O3/c1-16-6-2-5-9-22(16)32-15-23(30)29-12-10-17(11-13-29)20-14-21(28-27-20)24(31)26-19-8-4-3-7-18(19)25/h2-9,14,17H,10-13,15H2,1H3,(H,26,31)(H,27,28). The number of nitrogens with one attached hydrogen (secondary N) is 2. The van der Waals surface area contributed by atoms with Gasteiger partial charge in [-0.3, -0.25) is 14.7 Å². The zero-order valence-corrected chi connectivity index (χ0v) is 17.8. The van der Waals surface area contributed by atoms with Crippen LogP contribution in [0, 0.1) is 12.7 Å². The number of carbonyl (C=O) groups excluding carboxylic acids is 2. The van der Waals surface area contributed by atoms with Crippen LogP contribution in [0.25, 0.3) is 0 Å². The number of halogens is 1. The van der Waals surface area contributed by atoms with Crippen molar-refractivity contribution in [3.63, 3.8) is 0 Å². The Kier molecular flexibility index (Phi) is 6.49. The number of hydrogen-bond acceptors (Lipinski definition) is 4.